The second kappa shape index (κ2) is 6.47. The van der Waals surface area contributed by atoms with Gasteiger partial charge in [0, 0.05) is 19.8 Å². The predicted octanol–water partition coefficient (Wildman–Crippen LogP) is 0.680. The highest BCUT2D eigenvalue weighted by atomic mass is 32.2. The molecule has 0 saturated carbocycles. The number of aliphatic hydroxyl groups is 2. The quantitative estimate of drug-likeness (QED) is 0.836. The van der Waals surface area contributed by atoms with Crippen LogP contribution in [0.5, 0.6) is 0 Å². The minimum absolute atomic E-state index is 0.00388. The molecule has 0 bridgehead atoms. The highest BCUT2D eigenvalue weighted by Crippen LogP contribution is 2.38. The molecule has 20 heavy (non-hydrogen) atoms. The lowest BCUT2D eigenvalue weighted by atomic mass is 10.1. The lowest BCUT2D eigenvalue weighted by Gasteiger charge is -2.26. The second-order valence-corrected chi connectivity index (χ2v) is 6.10. The summed E-state index contributed by atoms with van der Waals surface area (Å²) in [6.07, 6.45) is -0.888. The Morgan fingerprint density at radius 1 is 1.40 bits per heavy atom. The van der Waals surface area contributed by atoms with Crippen molar-refractivity contribution in [2.24, 2.45) is 0 Å². The van der Waals surface area contributed by atoms with Crippen LogP contribution >= 0.6 is 11.8 Å². The van der Waals surface area contributed by atoms with Crippen molar-refractivity contribution in [3.63, 3.8) is 0 Å². The molecule has 0 spiro atoms. The van der Waals surface area contributed by atoms with Crippen molar-refractivity contribution in [1.29, 1.82) is 0 Å². The van der Waals surface area contributed by atoms with E-state index in [-0.39, 0.29) is 24.4 Å². The zero-order valence-electron chi connectivity index (χ0n) is 11.7. The zero-order valence-corrected chi connectivity index (χ0v) is 12.5. The minimum atomic E-state index is -0.888. The molecule has 0 aromatic heterocycles. The maximum atomic E-state index is 11.9. The Hall–Kier alpha value is -1.24. The standard InChI is InChI=1S/C14H20N2O3S/c1-15(2)11-5-3-10(4-6-11)14-16(7-12(18)8-17)13(19)9-20-14/h3-6,12,14,17-18H,7-9H2,1-2H3/t12-,14?/m0/s1. The fourth-order valence-corrected chi connectivity index (χ4v) is 3.35. The van der Waals surface area contributed by atoms with Gasteiger partial charge in [-0.3, -0.25) is 4.79 Å². The molecule has 5 nitrogen and oxygen atoms in total. The summed E-state index contributed by atoms with van der Waals surface area (Å²) >= 11 is 1.55. The van der Waals surface area contributed by atoms with Crippen molar-refractivity contribution in [2.45, 2.75) is 11.5 Å². The number of carbonyl (C=O) groups excluding carboxylic acids is 1. The van der Waals surface area contributed by atoms with E-state index in [0.29, 0.717) is 5.75 Å². The molecule has 0 radical (unpaired) electrons. The van der Waals surface area contributed by atoms with Gasteiger partial charge >= 0.3 is 0 Å². The SMILES string of the molecule is CN(C)c1ccc(C2SCC(=O)N2C[C@H](O)CO)cc1. The monoisotopic (exact) mass is 296 g/mol. The summed E-state index contributed by atoms with van der Waals surface area (Å²) in [5, 5.41) is 18.4. The van der Waals surface area contributed by atoms with E-state index in [1.165, 1.54) is 0 Å². The first-order valence-electron chi connectivity index (χ1n) is 6.50. The number of hydrogen-bond donors (Lipinski definition) is 2. The van der Waals surface area contributed by atoms with Crippen molar-refractivity contribution >= 4 is 23.4 Å². The van der Waals surface area contributed by atoms with Gasteiger partial charge in [-0.25, -0.2) is 0 Å². The van der Waals surface area contributed by atoms with Crippen LogP contribution in [0.4, 0.5) is 5.69 Å². The predicted molar refractivity (Wildman–Crippen MR) is 80.8 cm³/mol. The third kappa shape index (κ3) is 3.26. The molecule has 2 rings (SSSR count). The molecular weight excluding hydrogens is 276 g/mol. The van der Waals surface area contributed by atoms with Crippen LogP contribution in [0.2, 0.25) is 0 Å². The van der Waals surface area contributed by atoms with Gasteiger partial charge in [0.1, 0.15) is 5.37 Å². The molecule has 1 saturated heterocycles. The molecule has 110 valence electrons. The van der Waals surface area contributed by atoms with Crippen molar-refractivity contribution in [1.82, 2.24) is 4.90 Å². The molecular formula is C14H20N2O3S. The van der Waals surface area contributed by atoms with E-state index >= 15 is 0 Å². The fourth-order valence-electron chi connectivity index (χ4n) is 2.15. The average molecular weight is 296 g/mol. The van der Waals surface area contributed by atoms with Crippen LogP contribution in [0.1, 0.15) is 10.9 Å². The Morgan fingerprint density at radius 3 is 2.60 bits per heavy atom. The van der Waals surface area contributed by atoms with Gasteiger partial charge in [-0.2, -0.15) is 0 Å². The van der Waals surface area contributed by atoms with Crippen LogP contribution in [-0.4, -0.2) is 60.1 Å². The van der Waals surface area contributed by atoms with E-state index < -0.39 is 6.10 Å². The lowest BCUT2D eigenvalue weighted by molar-refractivity contribution is -0.129. The van der Waals surface area contributed by atoms with E-state index in [0.717, 1.165) is 11.3 Å². The minimum Gasteiger partial charge on any atom is -0.394 e. The summed E-state index contributed by atoms with van der Waals surface area (Å²) < 4.78 is 0. The largest absolute Gasteiger partial charge is 0.394 e. The summed E-state index contributed by atoms with van der Waals surface area (Å²) in [4.78, 5) is 15.5. The third-order valence-electron chi connectivity index (χ3n) is 3.28. The van der Waals surface area contributed by atoms with Crippen LogP contribution in [0, 0.1) is 0 Å². The normalized spacial score (nSPS) is 20.3. The Labute approximate surface area is 123 Å². The zero-order chi connectivity index (χ0) is 14.7. The average Bonchev–Trinajstić information content (AvgIpc) is 2.80. The van der Waals surface area contributed by atoms with Gasteiger partial charge in [-0.05, 0) is 17.7 Å². The molecule has 0 aliphatic carbocycles. The Bertz CT molecular complexity index is 464. The van der Waals surface area contributed by atoms with Crippen molar-refractivity contribution in [3.05, 3.63) is 29.8 Å². The Balaban J connectivity index is 2.15. The van der Waals surface area contributed by atoms with Gasteiger partial charge in [0.15, 0.2) is 0 Å². The van der Waals surface area contributed by atoms with E-state index in [4.69, 9.17) is 5.11 Å². The molecule has 1 fully saturated rings. The molecule has 1 aromatic rings. The molecule has 1 aromatic carbocycles. The van der Waals surface area contributed by atoms with Crippen molar-refractivity contribution in [2.75, 3.05) is 37.9 Å². The topological polar surface area (TPSA) is 64.0 Å². The van der Waals surface area contributed by atoms with Crippen LogP contribution in [0.25, 0.3) is 0 Å². The van der Waals surface area contributed by atoms with Gasteiger partial charge < -0.3 is 20.0 Å². The number of benzene rings is 1. The van der Waals surface area contributed by atoms with Crippen molar-refractivity contribution in [3.8, 4) is 0 Å². The van der Waals surface area contributed by atoms with Gasteiger partial charge in [0.2, 0.25) is 5.91 Å². The lowest BCUT2D eigenvalue weighted by Crippen LogP contribution is -2.37. The van der Waals surface area contributed by atoms with Crippen LogP contribution in [0.3, 0.4) is 0 Å². The Kier molecular flexibility index (Phi) is 4.91. The van der Waals surface area contributed by atoms with Crippen LogP contribution < -0.4 is 4.90 Å². The summed E-state index contributed by atoms with van der Waals surface area (Å²) in [6, 6.07) is 8.03. The number of amides is 1. The number of anilines is 1. The first kappa shape index (κ1) is 15.2. The highest BCUT2D eigenvalue weighted by Gasteiger charge is 2.33. The first-order chi connectivity index (χ1) is 9.52. The molecule has 1 aliphatic heterocycles. The molecule has 1 aliphatic rings. The number of β-amino-alcohol motifs (C(OH)–C–C–N with tert-alkyl or cyclic N) is 1. The second-order valence-electron chi connectivity index (χ2n) is 5.03. The summed E-state index contributed by atoms with van der Waals surface area (Å²) in [7, 11) is 3.96. The van der Waals surface area contributed by atoms with Crippen LogP contribution in [0.15, 0.2) is 24.3 Å². The van der Waals surface area contributed by atoms with Gasteiger partial charge in [0.25, 0.3) is 0 Å². The molecule has 1 heterocycles. The van der Waals surface area contributed by atoms with Crippen LogP contribution in [-0.2, 0) is 4.79 Å². The third-order valence-corrected chi connectivity index (χ3v) is 4.54. The Morgan fingerprint density at radius 2 is 2.05 bits per heavy atom. The summed E-state index contributed by atoms with van der Waals surface area (Å²) in [5.41, 5.74) is 2.14. The summed E-state index contributed by atoms with van der Waals surface area (Å²) in [6.45, 7) is -0.164. The van der Waals surface area contributed by atoms with Gasteiger partial charge in [0.05, 0.1) is 25.0 Å². The van der Waals surface area contributed by atoms with Gasteiger partial charge in [-0.15, -0.1) is 11.8 Å². The van der Waals surface area contributed by atoms with E-state index in [1.54, 1.807) is 16.7 Å². The first-order valence-corrected chi connectivity index (χ1v) is 7.55. The number of nitrogens with zero attached hydrogens (tertiary/aromatic N) is 2. The summed E-state index contributed by atoms with van der Waals surface area (Å²) in [5.74, 6) is 0.419. The fraction of sp³-hybridized carbons (Fsp3) is 0.500. The number of thioether (sulfide) groups is 1. The van der Waals surface area contributed by atoms with E-state index in [9.17, 15) is 9.90 Å². The highest BCUT2D eigenvalue weighted by molar-refractivity contribution is 8.00. The molecule has 2 N–H and O–H groups in total. The number of hydrogen-bond acceptors (Lipinski definition) is 5. The maximum absolute atomic E-state index is 11.9. The van der Waals surface area contributed by atoms with Gasteiger partial charge in [-0.1, -0.05) is 12.1 Å². The van der Waals surface area contributed by atoms with Crippen molar-refractivity contribution < 1.29 is 15.0 Å². The van der Waals surface area contributed by atoms with E-state index in [1.807, 2.05) is 43.3 Å². The number of aliphatic hydroxyl groups excluding tert-OH is 2. The molecule has 1 amide bonds. The molecule has 1 unspecified atom stereocenters. The molecule has 2 atom stereocenters. The molecule has 6 heteroatoms. The number of carbonyl (C=O) groups is 1. The number of rotatable bonds is 5. The smallest absolute Gasteiger partial charge is 0.233 e. The van der Waals surface area contributed by atoms with E-state index in [2.05, 4.69) is 0 Å². The maximum Gasteiger partial charge on any atom is 0.233 e.